The molecule has 17 atom stereocenters. The molecule has 15 heteroatoms. The van der Waals surface area contributed by atoms with Gasteiger partial charge in [-0.3, -0.25) is 14.4 Å². The number of fused-ring (bicyclic) bond motifs is 7. The SMILES string of the molecule is CC(=O)OC[C@H]1O[C@@H](O[C@H]2CC[C@@]3(C)C(CC[C@H]4[C@@H]5C[C@@H]6O[C@]7(CC[C@H](C)CO7)[C@@H](C)[C@@H]6[C@@]5(C)CC[C@@H]43)C2)[C@H](OC(=O)C(Cl)(Cl)Cl)[C@@H](OC(C)=O)[C@@H]1OC(C)=O. The molecule has 0 N–H and O–H groups in total. The highest BCUT2D eigenvalue weighted by Gasteiger charge is 2.69. The number of carbonyl (C=O) groups excluding carboxylic acids is 4. The van der Waals surface area contributed by atoms with Crippen molar-refractivity contribution in [3.8, 4) is 0 Å². The fourth-order valence-electron chi connectivity index (χ4n) is 12.8. The highest BCUT2D eigenvalue weighted by Crippen LogP contribution is 2.71. The van der Waals surface area contributed by atoms with Crippen LogP contribution in [-0.4, -0.2) is 89.6 Å². The Balaban J connectivity index is 1.08. The Hall–Kier alpha value is -1.41. The van der Waals surface area contributed by atoms with Crippen molar-refractivity contribution in [3.05, 3.63) is 0 Å². The third-order valence-electron chi connectivity index (χ3n) is 15.3. The molecule has 4 aliphatic carbocycles. The number of rotatable bonds is 7. The topological polar surface area (TPSA) is 142 Å². The molecule has 0 radical (unpaired) electrons. The van der Waals surface area contributed by atoms with Gasteiger partial charge >= 0.3 is 23.9 Å². The summed E-state index contributed by atoms with van der Waals surface area (Å²) in [5.74, 6) is -0.0914. The van der Waals surface area contributed by atoms with Crippen molar-refractivity contribution in [2.75, 3.05) is 13.2 Å². The molecule has 7 aliphatic rings. The number of hydrogen-bond donors (Lipinski definition) is 0. The molecule has 1 unspecified atom stereocenters. The Bertz CT molecular complexity index is 1510. The zero-order valence-electron chi connectivity index (χ0n) is 33.6. The maximum Gasteiger partial charge on any atom is 0.359 e. The second-order valence-electron chi connectivity index (χ2n) is 18.6. The first-order valence-electron chi connectivity index (χ1n) is 20.6. The van der Waals surface area contributed by atoms with Crippen molar-refractivity contribution in [3.63, 3.8) is 0 Å². The summed E-state index contributed by atoms with van der Waals surface area (Å²) in [7, 11) is 0. The summed E-state index contributed by atoms with van der Waals surface area (Å²) < 4.78 is 46.1. The molecule has 0 amide bonds. The smallest absolute Gasteiger partial charge is 0.359 e. The van der Waals surface area contributed by atoms with Crippen molar-refractivity contribution < 1.29 is 57.1 Å². The quantitative estimate of drug-likeness (QED) is 0.110. The minimum Gasteiger partial charge on any atom is -0.463 e. The van der Waals surface area contributed by atoms with Gasteiger partial charge in [-0.15, -0.1) is 0 Å². The van der Waals surface area contributed by atoms with Crippen LogP contribution in [0.5, 0.6) is 0 Å². The Morgan fingerprint density at radius 1 is 0.768 bits per heavy atom. The molecule has 4 saturated carbocycles. The van der Waals surface area contributed by atoms with Crippen molar-refractivity contribution >= 4 is 58.7 Å². The minimum absolute atomic E-state index is 0.117. The average molecular weight is 850 g/mol. The molecule has 3 heterocycles. The fourth-order valence-corrected chi connectivity index (χ4v) is 13.0. The van der Waals surface area contributed by atoms with Gasteiger partial charge in [-0.2, -0.15) is 0 Å². The molecule has 3 saturated heterocycles. The predicted molar refractivity (Wildman–Crippen MR) is 203 cm³/mol. The number of ether oxygens (including phenoxy) is 8. The van der Waals surface area contributed by atoms with Crippen molar-refractivity contribution in [1.29, 1.82) is 0 Å². The van der Waals surface area contributed by atoms with Crippen LogP contribution < -0.4 is 0 Å². The summed E-state index contributed by atoms with van der Waals surface area (Å²) in [6.07, 6.45) is 3.44. The minimum atomic E-state index is -2.48. The van der Waals surface area contributed by atoms with Gasteiger partial charge in [-0.25, -0.2) is 4.79 Å². The van der Waals surface area contributed by atoms with Crippen molar-refractivity contribution in [2.24, 2.45) is 52.3 Å². The van der Waals surface area contributed by atoms with Gasteiger partial charge in [-0.05, 0) is 104 Å². The normalized spacial score (nSPS) is 47.1. The summed E-state index contributed by atoms with van der Waals surface area (Å²) in [6.45, 7) is 13.7. The third kappa shape index (κ3) is 7.84. The van der Waals surface area contributed by atoms with E-state index >= 15 is 0 Å². The molecular formula is C41H59Cl3O12. The number of alkyl halides is 3. The Kier molecular flexibility index (Phi) is 12.1. The summed E-state index contributed by atoms with van der Waals surface area (Å²) in [5, 5.41) is 0. The maximum atomic E-state index is 13.0. The summed E-state index contributed by atoms with van der Waals surface area (Å²) in [5.41, 5.74) is 0.346. The molecule has 12 nitrogen and oxygen atoms in total. The molecule has 0 aromatic carbocycles. The fraction of sp³-hybridized carbons (Fsp3) is 0.902. The Morgan fingerprint density at radius 3 is 2.11 bits per heavy atom. The van der Waals surface area contributed by atoms with Crippen LogP contribution in [0, 0.1) is 52.3 Å². The summed E-state index contributed by atoms with van der Waals surface area (Å²) in [6, 6.07) is 0. The monoisotopic (exact) mass is 848 g/mol. The largest absolute Gasteiger partial charge is 0.463 e. The lowest BCUT2D eigenvalue weighted by Crippen LogP contribution is -2.64. The molecule has 1 spiro atoms. The molecule has 0 bridgehead atoms. The van der Waals surface area contributed by atoms with E-state index < -0.39 is 64.2 Å². The van der Waals surface area contributed by atoms with Gasteiger partial charge in [0, 0.05) is 33.1 Å². The lowest BCUT2D eigenvalue weighted by molar-refractivity contribution is -0.321. The van der Waals surface area contributed by atoms with E-state index in [4.69, 9.17) is 72.7 Å². The van der Waals surface area contributed by atoms with E-state index in [1.54, 1.807) is 0 Å². The number of carbonyl (C=O) groups is 4. The average Bonchev–Trinajstić information content (AvgIpc) is 3.56. The maximum absolute atomic E-state index is 13.0. The van der Waals surface area contributed by atoms with Crippen LogP contribution in [0.25, 0.3) is 0 Å². The molecule has 3 aliphatic heterocycles. The van der Waals surface area contributed by atoms with Gasteiger partial charge < -0.3 is 37.9 Å². The first-order valence-corrected chi connectivity index (χ1v) is 21.8. The molecule has 316 valence electrons. The van der Waals surface area contributed by atoms with Gasteiger partial charge in [0.2, 0.25) is 0 Å². The molecule has 7 fully saturated rings. The lowest BCUT2D eigenvalue weighted by Gasteiger charge is -2.61. The van der Waals surface area contributed by atoms with Crippen LogP contribution in [0.2, 0.25) is 0 Å². The standard InChI is InChI=1S/C41H59Cl3O12/c1-20-10-15-40(50-18-20)21(2)32-30(56-40)17-29-27-9-8-25-16-26(11-13-38(25,6)28(27)12-14-39(29,32)7)53-36-35(55-37(48)41(42,43)44)34(52-24(5)47)33(51-23(4)46)31(54-36)19-49-22(3)45/h20-21,25-36H,8-19H2,1-7H3/t20-,21-,25?,26-,27+,28-,29-,30-,31+,32-,33+,34-,35+,36+,38-,39-,40+/m0/s1. The van der Waals surface area contributed by atoms with E-state index in [1.165, 1.54) is 19.8 Å². The lowest BCUT2D eigenvalue weighted by atomic mass is 9.44. The van der Waals surface area contributed by atoms with Gasteiger partial charge in [0.25, 0.3) is 3.79 Å². The van der Waals surface area contributed by atoms with E-state index in [2.05, 4.69) is 27.7 Å². The van der Waals surface area contributed by atoms with Gasteiger partial charge in [0.1, 0.15) is 12.7 Å². The van der Waals surface area contributed by atoms with Crippen molar-refractivity contribution in [1.82, 2.24) is 0 Å². The molecule has 56 heavy (non-hydrogen) atoms. The number of esters is 4. The zero-order valence-corrected chi connectivity index (χ0v) is 35.9. The van der Waals surface area contributed by atoms with E-state index in [9.17, 15) is 19.2 Å². The van der Waals surface area contributed by atoms with Crippen LogP contribution in [0.3, 0.4) is 0 Å². The van der Waals surface area contributed by atoms with Crippen LogP contribution in [0.1, 0.15) is 113 Å². The van der Waals surface area contributed by atoms with E-state index in [-0.39, 0.29) is 29.6 Å². The zero-order chi connectivity index (χ0) is 40.5. The van der Waals surface area contributed by atoms with Gasteiger partial charge in [0.15, 0.2) is 30.4 Å². The van der Waals surface area contributed by atoms with Crippen LogP contribution >= 0.6 is 34.8 Å². The second kappa shape index (κ2) is 15.9. The first kappa shape index (κ1) is 42.7. The second-order valence-corrected chi connectivity index (χ2v) is 20.8. The summed E-state index contributed by atoms with van der Waals surface area (Å²) in [4.78, 5) is 49.5. The van der Waals surface area contributed by atoms with Crippen LogP contribution in [0.4, 0.5) is 0 Å². The molecule has 0 aromatic heterocycles. The summed E-state index contributed by atoms with van der Waals surface area (Å²) >= 11 is 17.7. The van der Waals surface area contributed by atoms with Crippen molar-refractivity contribution in [2.45, 2.75) is 165 Å². The molecular weight excluding hydrogens is 791 g/mol. The molecule has 0 aromatic rings. The third-order valence-corrected chi connectivity index (χ3v) is 15.8. The van der Waals surface area contributed by atoms with Gasteiger partial charge in [0.05, 0.1) is 18.8 Å². The highest BCUT2D eigenvalue weighted by atomic mass is 35.6. The van der Waals surface area contributed by atoms with E-state index in [0.29, 0.717) is 47.8 Å². The molecule has 7 rings (SSSR count). The van der Waals surface area contributed by atoms with Crippen LogP contribution in [0.15, 0.2) is 0 Å². The highest BCUT2D eigenvalue weighted by molar-refractivity contribution is 6.75. The first-order chi connectivity index (χ1) is 26.3. The predicted octanol–water partition coefficient (Wildman–Crippen LogP) is 7.25. The van der Waals surface area contributed by atoms with E-state index in [0.717, 1.165) is 65.4 Å². The Labute approximate surface area is 345 Å². The van der Waals surface area contributed by atoms with Crippen LogP contribution in [-0.2, 0) is 57.1 Å². The number of hydrogen-bond acceptors (Lipinski definition) is 12. The number of halogens is 3. The van der Waals surface area contributed by atoms with E-state index in [1.807, 2.05) is 0 Å². The Morgan fingerprint density at radius 2 is 1.46 bits per heavy atom. The van der Waals surface area contributed by atoms with Gasteiger partial charge in [-0.1, -0.05) is 62.5 Å².